The van der Waals surface area contributed by atoms with Gasteiger partial charge >= 0.3 is 39.5 Å². The van der Waals surface area contributed by atoms with Crippen LogP contribution in [0.25, 0.3) is 0 Å². The van der Waals surface area contributed by atoms with Gasteiger partial charge in [-0.1, -0.05) is 227 Å². The maximum atomic E-state index is 12.9. The fraction of sp³-hybridized carbons (Fsp3) is 0.929. The second kappa shape index (κ2) is 51.5. The normalized spacial score (nSPS) is 14.4. The van der Waals surface area contributed by atoms with Crippen molar-refractivity contribution in [1.29, 1.82) is 0 Å². The van der Waals surface area contributed by atoms with Crippen LogP contribution in [0.1, 0.15) is 278 Å². The first-order valence-corrected chi connectivity index (χ1v) is 32.8. The largest absolute Gasteiger partial charge is 0.472 e. The first kappa shape index (κ1) is 73.1. The Labute approximate surface area is 454 Å². The Morgan fingerprint density at radius 1 is 0.320 bits per heavy atom. The van der Waals surface area contributed by atoms with E-state index in [1.54, 1.807) is 0 Å². The molecule has 0 aliphatic heterocycles. The van der Waals surface area contributed by atoms with Crippen molar-refractivity contribution in [3.8, 4) is 0 Å². The average Bonchev–Trinajstić information content (AvgIpc) is 3.38. The lowest BCUT2D eigenvalue weighted by Gasteiger charge is -2.21. The first-order valence-electron chi connectivity index (χ1n) is 29.8. The second-order valence-electron chi connectivity index (χ2n) is 20.3. The number of ether oxygens (including phenoxy) is 4. The minimum absolute atomic E-state index is 0.0989. The summed E-state index contributed by atoms with van der Waals surface area (Å²) in [6.45, 7) is 4.56. The van der Waals surface area contributed by atoms with E-state index in [2.05, 4.69) is 27.7 Å². The van der Waals surface area contributed by atoms with E-state index in [4.69, 9.17) is 37.0 Å². The second-order valence-corrected chi connectivity index (χ2v) is 23.2. The number of phosphoric acid groups is 2. The Morgan fingerprint density at radius 3 is 0.787 bits per heavy atom. The van der Waals surface area contributed by atoms with E-state index in [1.807, 2.05) is 0 Å². The quantitative estimate of drug-likeness (QED) is 0.0222. The third-order valence-electron chi connectivity index (χ3n) is 12.9. The van der Waals surface area contributed by atoms with Crippen LogP contribution >= 0.6 is 15.6 Å². The molecule has 0 spiro atoms. The molecule has 0 aromatic carbocycles. The van der Waals surface area contributed by atoms with Crippen molar-refractivity contribution < 1.29 is 80.2 Å². The van der Waals surface area contributed by atoms with Crippen LogP contribution in [0.3, 0.4) is 0 Å². The number of carbonyl (C=O) groups excluding carboxylic acids is 4. The molecule has 0 bridgehead atoms. The fourth-order valence-corrected chi connectivity index (χ4v) is 9.80. The third kappa shape index (κ3) is 51.3. The number of aliphatic hydroxyl groups excluding tert-OH is 1. The lowest BCUT2D eigenvalue weighted by molar-refractivity contribution is -0.161. The predicted molar refractivity (Wildman–Crippen MR) is 294 cm³/mol. The Bertz CT molecular complexity index is 1470. The van der Waals surface area contributed by atoms with E-state index in [0.29, 0.717) is 25.7 Å². The molecule has 0 aromatic rings. The Kier molecular flexibility index (Phi) is 50.2. The van der Waals surface area contributed by atoms with Gasteiger partial charge in [0.1, 0.15) is 19.3 Å². The molecule has 0 aromatic heterocycles. The molecule has 2 unspecified atom stereocenters. The van der Waals surface area contributed by atoms with Crippen molar-refractivity contribution in [1.82, 2.24) is 0 Å². The van der Waals surface area contributed by atoms with Crippen LogP contribution in [0.2, 0.25) is 0 Å². The van der Waals surface area contributed by atoms with E-state index in [1.165, 1.54) is 96.3 Å². The van der Waals surface area contributed by atoms with Gasteiger partial charge in [0, 0.05) is 25.7 Å². The molecule has 0 amide bonds. The van der Waals surface area contributed by atoms with Crippen LogP contribution in [-0.4, -0.2) is 96.7 Å². The van der Waals surface area contributed by atoms with Crippen LogP contribution < -0.4 is 0 Å². The van der Waals surface area contributed by atoms with Crippen molar-refractivity contribution >= 4 is 39.5 Å². The number of unbranched alkanes of at least 4 members (excludes halogenated alkanes) is 31. The van der Waals surface area contributed by atoms with Gasteiger partial charge in [0.15, 0.2) is 12.2 Å². The molecule has 0 fully saturated rings. The van der Waals surface area contributed by atoms with Crippen LogP contribution in [0, 0.1) is 0 Å². The van der Waals surface area contributed by atoms with Crippen LogP contribution in [-0.2, 0) is 65.4 Å². The smallest absolute Gasteiger partial charge is 0.462 e. The van der Waals surface area contributed by atoms with Crippen LogP contribution in [0.5, 0.6) is 0 Å². The fourth-order valence-electron chi connectivity index (χ4n) is 8.22. The number of aliphatic hydroxyl groups is 1. The van der Waals surface area contributed by atoms with E-state index < -0.39 is 97.5 Å². The highest BCUT2D eigenvalue weighted by molar-refractivity contribution is 7.47. The van der Waals surface area contributed by atoms with Crippen molar-refractivity contribution in [2.75, 3.05) is 39.6 Å². The van der Waals surface area contributed by atoms with E-state index in [-0.39, 0.29) is 25.7 Å². The van der Waals surface area contributed by atoms with Gasteiger partial charge in [0.25, 0.3) is 0 Å². The third-order valence-corrected chi connectivity index (χ3v) is 14.8. The molecular formula is C56H108O17P2. The van der Waals surface area contributed by atoms with Crippen molar-refractivity contribution in [3.63, 3.8) is 0 Å². The molecule has 3 N–H and O–H groups in total. The number of rotatable bonds is 57. The minimum Gasteiger partial charge on any atom is -0.462 e. The molecule has 5 atom stereocenters. The molecule has 0 rings (SSSR count). The van der Waals surface area contributed by atoms with E-state index >= 15 is 0 Å². The molecule has 0 heterocycles. The summed E-state index contributed by atoms with van der Waals surface area (Å²) in [4.78, 5) is 71.0. The molecule has 0 radical (unpaired) electrons. The average molecular weight is 1120 g/mol. The van der Waals surface area contributed by atoms with Gasteiger partial charge < -0.3 is 33.8 Å². The maximum Gasteiger partial charge on any atom is 0.472 e. The van der Waals surface area contributed by atoms with Gasteiger partial charge in [0.2, 0.25) is 0 Å². The lowest BCUT2D eigenvalue weighted by Crippen LogP contribution is -2.30. The number of hydrogen-bond donors (Lipinski definition) is 3. The first-order chi connectivity index (χ1) is 36.2. The Balaban J connectivity index is 4.90. The number of carbonyl (C=O) groups is 4. The lowest BCUT2D eigenvalue weighted by atomic mass is 10.0. The molecule has 444 valence electrons. The molecular weight excluding hydrogens is 1010 g/mol. The van der Waals surface area contributed by atoms with Gasteiger partial charge in [0.05, 0.1) is 26.4 Å². The summed E-state index contributed by atoms with van der Waals surface area (Å²) >= 11 is 0. The highest BCUT2D eigenvalue weighted by atomic mass is 31.2. The number of hydrogen-bond acceptors (Lipinski definition) is 15. The molecule has 17 nitrogen and oxygen atoms in total. The van der Waals surface area contributed by atoms with E-state index in [0.717, 1.165) is 103 Å². The van der Waals surface area contributed by atoms with Crippen molar-refractivity contribution in [3.05, 3.63) is 0 Å². The summed E-state index contributed by atoms with van der Waals surface area (Å²) in [5.74, 6) is -2.18. The highest BCUT2D eigenvalue weighted by Crippen LogP contribution is 2.45. The summed E-state index contributed by atoms with van der Waals surface area (Å²) in [6.07, 6.45) is 34.8. The predicted octanol–water partition coefficient (Wildman–Crippen LogP) is 14.8. The monoisotopic (exact) mass is 1110 g/mol. The zero-order valence-electron chi connectivity index (χ0n) is 47.5. The summed E-state index contributed by atoms with van der Waals surface area (Å²) in [6, 6.07) is 0. The van der Waals surface area contributed by atoms with Gasteiger partial charge in [-0.25, -0.2) is 9.13 Å². The van der Waals surface area contributed by atoms with Gasteiger partial charge in [-0.3, -0.25) is 37.3 Å². The molecule has 0 aliphatic carbocycles. The van der Waals surface area contributed by atoms with Gasteiger partial charge in [-0.05, 0) is 25.7 Å². The molecule has 19 heteroatoms. The van der Waals surface area contributed by atoms with Crippen LogP contribution in [0.4, 0.5) is 0 Å². The molecule has 0 saturated heterocycles. The molecule has 0 aliphatic rings. The standard InChI is InChI=1S/C56H108O17P2/c1-5-9-13-17-18-19-20-21-22-23-24-25-26-27-28-29-30-31-35-39-43-56(61)73-52(47-67-54(59)41-37-33-15-11-7-3)49-71-75(64,65)69-45-50(57)44-68-74(62,63)70-48-51(72-55(60)42-38-34-16-12-8-4)46-66-53(58)40-36-32-14-10-6-2/h50-52,57H,5-49H2,1-4H3,(H,62,63)(H,64,65)/t50-,51+,52+/m0/s1. The number of phosphoric ester groups is 2. The molecule has 75 heavy (non-hydrogen) atoms. The van der Waals surface area contributed by atoms with Crippen LogP contribution in [0.15, 0.2) is 0 Å². The number of esters is 4. The summed E-state index contributed by atoms with van der Waals surface area (Å²) < 4.78 is 67.0. The minimum atomic E-state index is -4.92. The SMILES string of the molecule is CCCCCCCCCCCCCCCCCCCCCCC(=O)O[C@H](COC(=O)CCCCCCC)COP(=O)(O)OC[C@@H](O)COP(=O)(O)OC[C@@H](COC(=O)CCCCCCC)OC(=O)CCCCCCC. The Hall–Kier alpha value is -1.94. The van der Waals surface area contributed by atoms with Crippen molar-refractivity contribution in [2.24, 2.45) is 0 Å². The summed E-state index contributed by atoms with van der Waals surface area (Å²) in [5.41, 5.74) is 0. The molecule has 0 saturated carbocycles. The Morgan fingerprint density at radius 2 is 0.533 bits per heavy atom. The van der Waals surface area contributed by atoms with Gasteiger partial charge in [-0.15, -0.1) is 0 Å². The topological polar surface area (TPSA) is 237 Å². The van der Waals surface area contributed by atoms with E-state index in [9.17, 15) is 43.2 Å². The summed E-state index contributed by atoms with van der Waals surface area (Å²) in [5, 5.41) is 10.4. The summed E-state index contributed by atoms with van der Waals surface area (Å²) in [7, 11) is -9.84. The highest BCUT2D eigenvalue weighted by Gasteiger charge is 2.30. The zero-order valence-corrected chi connectivity index (χ0v) is 49.3. The zero-order chi connectivity index (χ0) is 55.5. The van der Waals surface area contributed by atoms with Gasteiger partial charge in [-0.2, -0.15) is 0 Å². The maximum absolute atomic E-state index is 12.9. The van der Waals surface area contributed by atoms with Crippen molar-refractivity contribution in [2.45, 2.75) is 296 Å².